The number of aromatic nitrogens is 4. The first-order valence-electron chi connectivity index (χ1n) is 8.56. The molecule has 138 valence electrons. The predicted molar refractivity (Wildman–Crippen MR) is 94.8 cm³/mol. The number of nitrogens with zero attached hydrogens (tertiary/aromatic N) is 5. The molecule has 0 bridgehead atoms. The highest BCUT2D eigenvalue weighted by Crippen LogP contribution is 2.34. The van der Waals surface area contributed by atoms with Crippen LogP contribution in [0.15, 0.2) is 21.9 Å². The lowest BCUT2D eigenvalue weighted by Crippen LogP contribution is -2.40. The highest BCUT2D eigenvalue weighted by atomic mass is 16.5. The number of ether oxygens (including phenoxy) is 1. The molecule has 1 fully saturated rings. The largest absolute Gasteiger partial charge is 0.372 e. The molecule has 3 heterocycles. The van der Waals surface area contributed by atoms with Gasteiger partial charge < -0.3 is 10.1 Å². The fraction of sp³-hybridized carbons (Fsp3) is 0.529. The number of hydrogen-bond donors (Lipinski definition) is 1. The third kappa shape index (κ3) is 2.93. The Bertz CT molecular complexity index is 964. The topological polar surface area (TPSA) is 107 Å². The van der Waals surface area contributed by atoms with Crippen molar-refractivity contribution < 1.29 is 4.74 Å². The zero-order valence-corrected chi connectivity index (χ0v) is 15.1. The summed E-state index contributed by atoms with van der Waals surface area (Å²) in [5.74, 6) is 0.387. The number of nitriles is 1. The lowest BCUT2D eigenvalue weighted by atomic mass is 9.99. The van der Waals surface area contributed by atoms with E-state index in [0.29, 0.717) is 13.2 Å². The molecule has 0 saturated carbocycles. The van der Waals surface area contributed by atoms with Crippen molar-refractivity contribution in [1.82, 2.24) is 18.9 Å². The number of rotatable bonds is 5. The first kappa shape index (κ1) is 17.9. The highest BCUT2D eigenvalue weighted by Gasteiger charge is 2.32. The summed E-state index contributed by atoms with van der Waals surface area (Å²) in [4.78, 5) is 24.3. The second-order valence-electron chi connectivity index (χ2n) is 6.33. The molecule has 9 heteroatoms. The Morgan fingerprint density at radius 1 is 1.38 bits per heavy atom. The van der Waals surface area contributed by atoms with Gasteiger partial charge in [-0.3, -0.25) is 18.6 Å². The van der Waals surface area contributed by atoms with Gasteiger partial charge in [0.05, 0.1) is 5.69 Å². The van der Waals surface area contributed by atoms with E-state index in [-0.39, 0.29) is 23.4 Å². The average Bonchev–Trinajstić information content (AvgIpc) is 3.29. The Balaban J connectivity index is 1.87. The first-order valence-corrected chi connectivity index (χ1v) is 8.56. The summed E-state index contributed by atoms with van der Waals surface area (Å²) >= 11 is 0. The van der Waals surface area contributed by atoms with Crippen LogP contribution in [-0.2, 0) is 25.4 Å². The first-order chi connectivity index (χ1) is 12.5. The lowest BCUT2D eigenvalue weighted by Gasteiger charge is -2.21. The molecule has 1 aliphatic heterocycles. The molecule has 3 rings (SSSR count). The third-order valence-electron chi connectivity index (χ3n) is 4.86. The van der Waals surface area contributed by atoms with Crippen molar-refractivity contribution in [3.05, 3.63) is 44.4 Å². The molecule has 0 spiro atoms. The van der Waals surface area contributed by atoms with Crippen LogP contribution >= 0.6 is 0 Å². The van der Waals surface area contributed by atoms with Crippen LogP contribution in [0.4, 0.5) is 5.82 Å². The molecule has 26 heavy (non-hydrogen) atoms. The fourth-order valence-electron chi connectivity index (χ4n) is 3.40. The zero-order chi connectivity index (χ0) is 18.8. The van der Waals surface area contributed by atoms with E-state index in [1.165, 1.54) is 11.6 Å². The Kier molecular flexibility index (Phi) is 4.95. The molecule has 2 aromatic heterocycles. The summed E-state index contributed by atoms with van der Waals surface area (Å²) in [6.07, 6.45) is 2.48. The van der Waals surface area contributed by atoms with Crippen molar-refractivity contribution in [2.24, 2.45) is 20.0 Å². The Morgan fingerprint density at radius 2 is 2.15 bits per heavy atom. The molecule has 2 aromatic rings. The summed E-state index contributed by atoms with van der Waals surface area (Å²) in [7, 11) is 2.90. The molecule has 9 nitrogen and oxygen atoms in total. The Labute approximate surface area is 150 Å². The summed E-state index contributed by atoms with van der Waals surface area (Å²) < 4.78 is 10.0. The van der Waals surface area contributed by atoms with Gasteiger partial charge in [0.2, 0.25) is 0 Å². The summed E-state index contributed by atoms with van der Waals surface area (Å²) in [6.45, 7) is 3.89. The van der Waals surface area contributed by atoms with Crippen molar-refractivity contribution in [1.29, 1.82) is 5.26 Å². The molecule has 0 amide bonds. The van der Waals surface area contributed by atoms with Crippen LogP contribution in [0.1, 0.15) is 30.7 Å². The normalized spacial score (nSPS) is 19.5. The van der Waals surface area contributed by atoms with E-state index in [1.807, 2.05) is 23.7 Å². The summed E-state index contributed by atoms with van der Waals surface area (Å²) in [5.41, 5.74) is -0.125. The van der Waals surface area contributed by atoms with Gasteiger partial charge in [0.15, 0.2) is 5.56 Å². The van der Waals surface area contributed by atoms with Gasteiger partial charge in [-0.25, -0.2) is 4.79 Å². The smallest absolute Gasteiger partial charge is 0.332 e. The number of hydrogen-bond acceptors (Lipinski definition) is 6. The van der Waals surface area contributed by atoms with E-state index in [2.05, 4.69) is 10.4 Å². The van der Waals surface area contributed by atoms with E-state index in [9.17, 15) is 14.9 Å². The van der Waals surface area contributed by atoms with Crippen molar-refractivity contribution in [3.8, 4) is 6.07 Å². The van der Waals surface area contributed by atoms with Gasteiger partial charge in [-0.15, -0.1) is 0 Å². The maximum absolute atomic E-state index is 12.2. The molecule has 0 aliphatic carbocycles. The molecule has 1 aliphatic rings. The van der Waals surface area contributed by atoms with Crippen LogP contribution in [0.2, 0.25) is 0 Å². The van der Waals surface area contributed by atoms with Crippen molar-refractivity contribution >= 4 is 5.82 Å². The van der Waals surface area contributed by atoms with Crippen molar-refractivity contribution in [3.63, 3.8) is 0 Å². The number of anilines is 1. The van der Waals surface area contributed by atoms with Crippen LogP contribution in [0.5, 0.6) is 0 Å². The number of nitrogens with one attached hydrogen (secondary N) is 1. The maximum Gasteiger partial charge on any atom is 0.332 e. The lowest BCUT2D eigenvalue weighted by molar-refractivity contribution is 0.0858. The van der Waals surface area contributed by atoms with Crippen LogP contribution in [0, 0.1) is 17.2 Å². The van der Waals surface area contributed by atoms with Gasteiger partial charge in [-0.05, 0) is 19.4 Å². The highest BCUT2D eigenvalue weighted by molar-refractivity contribution is 5.51. The van der Waals surface area contributed by atoms with E-state index in [0.717, 1.165) is 23.2 Å². The van der Waals surface area contributed by atoms with Gasteiger partial charge in [-0.1, -0.05) is 0 Å². The molecule has 0 unspecified atom stereocenters. The molecular formula is C17H22N6O3. The minimum absolute atomic E-state index is 0.0661. The Morgan fingerprint density at radius 3 is 2.85 bits per heavy atom. The SMILES string of the molecule is CCn1nccc1[C@@H]1OCC[C@H]1CNc1c(C#N)c(=O)n(C)c(=O)n1C. The van der Waals surface area contributed by atoms with Crippen molar-refractivity contribution in [2.45, 2.75) is 26.0 Å². The van der Waals surface area contributed by atoms with Gasteiger partial charge >= 0.3 is 5.69 Å². The quantitative estimate of drug-likeness (QED) is 0.827. The minimum atomic E-state index is -0.596. The summed E-state index contributed by atoms with van der Waals surface area (Å²) in [6, 6.07) is 3.85. The van der Waals surface area contributed by atoms with Crippen LogP contribution in [0.25, 0.3) is 0 Å². The average molecular weight is 358 g/mol. The van der Waals surface area contributed by atoms with Crippen LogP contribution < -0.4 is 16.6 Å². The molecule has 2 atom stereocenters. The van der Waals surface area contributed by atoms with E-state index in [4.69, 9.17) is 4.74 Å². The standard InChI is InChI=1S/C17H22N6O3/c1-4-23-13(5-7-20-23)14-11(6-8-26-14)10-19-15-12(9-18)16(24)22(3)17(25)21(15)2/h5,7,11,14,19H,4,6,8,10H2,1-3H3/t11-,14+/m0/s1. The van der Waals surface area contributed by atoms with E-state index < -0.39 is 11.2 Å². The van der Waals surface area contributed by atoms with Gasteiger partial charge in [0.25, 0.3) is 5.56 Å². The molecule has 1 N–H and O–H groups in total. The van der Waals surface area contributed by atoms with Gasteiger partial charge in [0, 0.05) is 45.9 Å². The predicted octanol–water partition coefficient (Wildman–Crippen LogP) is 0.362. The van der Waals surface area contributed by atoms with Gasteiger partial charge in [0.1, 0.15) is 18.0 Å². The fourth-order valence-corrected chi connectivity index (χ4v) is 3.40. The molecule has 0 radical (unpaired) electrons. The van der Waals surface area contributed by atoms with Crippen LogP contribution in [0.3, 0.4) is 0 Å². The minimum Gasteiger partial charge on any atom is -0.372 e. The third-order valence-corrected chi connectivity index (χ3v) is 4.86. The number of aryl methyl sites for hydroxylation is 1. The zero-order valence-electron chi connectivity index (χ0n) is 15.1. The Hall–Kier alpha value is -2.86. The monoisotopic (exact) mass is 358 g/mol. The molecule has 0 aromatic carbocycles. The second kappa shape index (κ2) is 7.17. The van der Waals surface area contributed by atoms with E-state index in [1.54, 1.807) is 13.2 Å². The van der Waals surface area contributed by atoms with E-state index >= 15 is 0 Å². The second-order valence-corrected chi connectivity index (χ2v) is 6.33. The molecular weight excluding hydrogens is 336 g/mol. The van der Waals surface area contributed by atoms with Gasteiger partial charge in [-0.2, -0.15) is 10.4 Å². The maximum atomic E-state index is 12.2. The molecule has 1 saturated heterocycles. The van der Waals surface area contributed by atoms with Crippen LogP contribution in [-0.4, -0.2) is 32.1 Å². The summed E-state index contributed by atoms with van der Waals surface area (Å²) in [5, 5.41) is 16.8. The van der Waals surface area contributed by atoms with Crippen molar-refractivity contribution in [2.75, 3.05) is 18.5 Å².